The van der Waals surface area contributed by atoms with Gasteiger partial charge >= 0.3 is 0 Å². The second kappa shape index (κ2) is 3.57. The normalized spacial score (nSPS) is 10.2. The SMILES string of the molecule is Oc1cnc(-c2cccc(F)c2)c(O)c1. The van der Waals surface area contributed by atoms with Crippen LogP contribution in [0.1, 0.15) is 0 Å². The Morgan fingerprint density at radius 3 is 2.60 bits per heavy atom. The zero-order chi connectivity index (χ0) is 10.8. The maximum Gasteiger partial charge on any atom is 0.145 e. The minimum atomic E-state index is -0.401. The summed E-state index contributed by atoms with van der Waals surface area (Å²) in [4.78, 5) is 3.82. The van der Waals surface area contributed by atoms with Crippen molar-refractivity contribution in [2.75, 3.05) is 0 Å². The molecule has 1 aromatic heterocycles. The Balaban J connectivity index is 2.54. The molecule has 15 heavy (non-hydrogen) atoms. The maximum atomic E-state index is 12.9. The van der Waals surface area contributed by atoms with Crippen LogP contribution in [0.3, 0.4) is 0 Å². The lowest BCUT2D eigenvalue weighted by molar-refractivity contribution is 0.447. The van der Waals surface area contributed by atoms with Crippen LogP contribution < -0.4 is 0 Å². The van der Waals surface area contributed by atoms with Gasteiger partial charge in [-0.05, 0) is 12.1 Å². The summed E-state index contributed by atoms with van der Waals surface area (Å²) >= 11 is 0. The van der Waals surface area contributed by atoms with Crippen molar-refractivity contribution in [3.05, 3.63) is 42.3 Å². The summed E-state index contributed by atoms with van der Waals surface area (Å²) in [7, 11) is 0. The fourth-order valence-corrected chi connectivity index (χ4v) is 1.30. The number of halogens is 1. The van der Waals surface area contributed by atoms with Crippen LogP contribution in [0.2, 0.25) is 0 Å². The van der Waals surface area contributed by atoms with Crippen molar-refractivity contribution in [1.29, 1.82) is 0 Å². The molecule has 0 aliphatic carbocycles. The molecule has 0 amide bonds. The highest BCUT2D eigenvalue weighted by atomic mass is 19.1. The van der Waals surface area contributed by atoms with Gasteiger partial charge in [-0.25, -0.2) is 9.37 Å². The number of pyridine rings is 1. The van der Waals surface area contributed by atoms with Crippen LogP contribution in [0.4, 0.5) is 4.39 Å². The molecular formula is C11H8FNO2. The summed E-state index contributed by atoms with van der Waals surface area (Å²) in [6.45, 7) is 0. The molecule has 0 bridgehead atoms. The number of rotatable bonds is 1. The number of aromatic nitrogens is 1. The first-order valence-corrected chi connectivity index (χ1v) is 4.31. The number of hydrogen-bond acceptors (Lipinski definition) is 3. The minimum absolute atomic E-state index is 0.132. The molecule has 2 N–H and O–H groups in total. The van der Waals surface area contributed by atoms with Crippen LogP contribution in [-0.2, 0) is 0 Å². The first kappa shape index (κ1) is 9.45. The van der Waals surface area contributed by atoms with Gasteiger partial charge in [0.25, 0.3) is 0 Å². The second-order valence-electron chi connectivity index (χ2n) is 3.07. The van der Waals surface area contributed by atoms with Gasteiger partial charge < -0.3 is 10.2 Å². The van der Waals surface area contributed by atoms with E-state index in [1.807, 2.05) is 0 Å². The van der Waals surface area contributed by atoms with Gasteiger partial charge in [-0.2, -0.15) is 0 Å². The van der Waals surface area contributed by atoms with E-state index in [9.17, 15) is 9.50 Å². The highest BCUT2D eigenvalue weighted by Gasteiger charge is 2.07. The van der Waals surface area contributed by atoms with E-state index in [0.717, 1.165) is 6.07 Å². The molecule has 3 nitrogen and oxygen atoms in total. The molecule has 76 valence electrons. The summed E-state index contributed by atoms with van der Waals surface area (Å²) < 4.78 is 12.9. The number of benzene rings is 1. The highest BCUT2D eigenvalue weighted by molar-refractivity contribution is 5.66. The quantitative estimate of drug-likeness (QED) is 0.751. The number of nitrogens with zero attached hydrogens (tertiary/aromatic N) is 1. The van der Waals surface area contributed by atoms with E-state index >= 15 is 0 Å². The van der Waals surface area contributed by atoms with Crippen molar-refractivity contribution in [3.63, 3.8) is 0 Å². The lowest BCUT2D eigenvalue weighted by Gasteiger charge is -2.03. The van der Waals surface area contributed by atoms with Gasteiger partial charge in [0.05, 0.1) is 6.20 Å². The van der Waals surface area contributed by atoms with Crippen LogP contribution in [0, 0.1) is 5.82 Å². The third-order valence-electron chi connectivity index (χ3n) is 1.95. The molecule has 4 heteroatoms. The predicted octanol–water partition coefficient (Wildman–Crippen LogP) is 2.30. The second-order valence-corrected chi connectivity index (χ2v) is 3.07. The minimum Gasteiger partial charge on any atom is -0.506 e. The molecule has 0 aliphatic heterocycles. The number of aromatic hydroxyl groups is 2. The topological polar surface area (TPSA) is 53.4 Å². The van der Waals surface area contributed by atoms with E-state index in [1.54, 1.807) is 6.07 Å². The van der Waals surface area contributed by atoms with E-state index in [2.05, 4.69) is 4.98 Å². The molecule has 0 saturated heterocycles. The molecule has 0 radical (unpaired) electrons. The van der Waals surface area contributed by atoms with Crippen molar-refractivity contribution in [1.82, 2.24) is 4.98 Å². The first-order valence-electron chi connectivity index (χ1n) is 4.31. The van der Waals surface area contributed by atoms with Crippen LogP contribution in [0.5, 0.6) is 11.5 Å². The van der Waals surface area contributed by atoms with Crippen LogP contribution in [-0.4, -0.2) is 15.2 Å². The largest absolute Gasteiger partial charge is 0.506 e. The van der Waals surface area contributed by atoms with Gasteiger partial charge in [0.1, 0.15) is 23.0 Å². The van der Waals surface area contributed by atoms with E-state index < -0.39 is 5.82 Å². The molecule has 0 aliphatic rings. The van der Waals surface area contributed by atoms with Crippen LogP contribution in [0.15, 0.2) is 36.5 Å². The average Bonchev–Trinajstić information content (AvgIpc) is 2.17. The highest BCUT2D eigenvalue weighted by Crippen LogP contribution is 2.29. The van der Waals surface area contributed by atoms with Gasteiger partial charge in [-0.3, -0.25) is 0 Å². The standard InChI is InChI=1S/C11H8FNO2/c12-8-3-1-2-7(4-8)11-10(15)5-9(14)6-13-11/h1-6,14-15H. The lowest BCUT2D eigenvalue weighted by Crippen LogP contribution is -1.85. The molecule has 1 heterocycles. The Morgan fingerprint density at radius 2 is 1.93 bits per heavy atom. The van der Waals surface area contributed by atoms with Crippen LogP contribution in [0.25, 0.3) is 11.3 Å². The molecule has 0 unspecified atom stereocenters. The van der Waals surface area contributed by atoms with Gasteiger partial charge in [-0.15, -0.1) is 0 Å². The van der Waals surface area contributed by atoms with Crippen molar-refractivity contribution in [2.24, 2.45) is 0 Å². The first-order chi connectivity index (χ1) is 7.16. The molecule has 2 rings (SSSR count). The summed E-state index contributed by atoms with van der Waals surface area (Å²) in [5.74, 6) is -0.713. The third kappa shape index (κ3) is 1.88. The van der Waals surface area contributed by atoms with Crippen molar-refractivity contribution in [3.8, 4) is 22.8 Å². The molecule has 0 spiro atoms. The Kier molecular flexibility index (Phi) is 2.25. The Labute approximate surface area is 85.5 Å². The monoisotopic (exact) mass is 205 g/mol. The van der Waals surface area contributed by atoms with Gasteiger partial charge in [0, 0.05) is 11.6 Å². The Hall–Kier alpha value is -2.10. The van der Waals surface area contributed by atoms with Crippen molar-refractivity contribution < 1.29 is 14.6 Å². The van der Waals surface area contributed by atoms with Gasteiger partial charge in [-0.1, -0.05) is 12.1 Å². The van der Waals surface area contributed by atoms with E-state index in [0.29, 0.717) is 5.56 Å². The summed E-state index contributed by atoms with van der Waals surface area (Å²) in [5, 5.41) is 18.5. The van der Waals surface area contributed by atoms with E-state index in [1.165, 1.54) is 24.4 Å². The zero-order valence-corrected chi connectivity index (χ0v) is 7.68. The Morgan fingerprint density at radius 1 is 1.13 bits per heavy atom. The van der Waals surface area contributed by atoms with Crippen molar-refractivity contribution >= 4 is 0 Å². The molecule has 0 atom stereocenters. The summed E-state index contributed by atoms with van der Waals surface area (Å²) in [5.41, 5.74) is 0.708. The molecule has 0 fully saturated rings. The molecule has 0 saturated carbocycles. The summed E-state index contributed by atoms with van der Waals surface area (Å²) in [6.07, 6.45) is 1.19. The third-order valence-corrected chi connectivity index (χ3v) is 1.95. The molecule has 2 aromatic rings. The van der Waals surface area contributed by atoms with E-state index in [-0.39, 0.29) is 17.2 Å². The van der Waals surface area contributed by atoms with Gasteiger partial charge in [0.15, 0.2) is 0 Å². The molecular weight excluding hydrogens is 197 g/mol. The molecule has 1 aromatic carbocycles. The van der Waals surface area contributed by atoms with Crippen LogP contribution >= 0.6 is 0 Å². The van der Waals surface area contributed by atoms with Gasteiger partial charge in [0.2, 0.25) is 0 Å². The number of hydrogen-bond donors (Lipinski definition) is 2. The summed E-state index contributed by atoms with van der Waals surface area (Å²) in [6, 6.07) is 6.88. The predicted molar refractivity (Wildman–Crippen MR) is 53.0 cm³/mol. The zero-order valence-electron chi connectivity index (χ0n) is 7.68. The fourth-order valence-electron chi connectivity index (χ4n) is 1.30. The fraction of sp³-hybridized carbons (Fsp3) is 0. The Bertz CT molecular complexity index is 500. The van der Waals surface area contributed by atoms with E-state index in [4.69, 9.17) is 5.11 Å². The van der Waals surface area contributed by atoms with Crippen molar-refractivity contribution in [2.45, 2.75) is 0 Å². The average molecular weight is 205 g/mol. The maximum absolute atomic E-state index is 12.9. The lowest BCUT2D eigenvalue weighted by atomic mass is 10.1. The smallest absolute Gasteiger partial charge is 0.145 e.